The maximum atomic E-state index is 12.5. The van der Waals surface area contributed by atoms with Crippen molar-refractivity contribution in [1.29, 1.82) is 0 Å². The molecule has 0 radical (unpaired) electrons. The summed E-state index contributed by atoms with van der Waals surface area (Å²) in [5.41, 5.74) is 3.71. The standard InChI is InChI=1S/C7H6FNO2/c8-5-1-4(7(10)11)2-6(9)3-5/h1-3H,9H2,(H,10,11)/p+1. The number of aromatic carboxylic acids is 1. The fraction of sp³-hybridized carbons (Fsp3) is 0. The lowest BCUT2D eigenvalue weighted by molar-refractivity contribution is -0.255. The monoisotopic (exact) mass is 156 g/mol. The van der Waals surface area contributed by atoms with Gasteiger partial charge >= 0.3 is 5.97 Å². The fourth-order valence-corrected chi connectivity index (χ4v) is 0.774. The smallest absolute Gasteiger partial charge is 0.336 e. The molecule has 0 aromatic heterocycles. The number of carboxylic acid groups (broad SMARTS) is 1. The molecule has 1 rings (SSSR count). The van der Waals surface area contributed by atoms with Crippen molar-refractivity contribution in [2.45, 2.75) is 0 Å². The molecule has 11 heavy (non-hydrogen) atoms. The third-order valence-corrected chi connectivity index (χ3v) is 1.20. The van der Waals surface area contributed by atoms with E-state index in [9.17, 15) is 9.18 Å². The topological polar surface area (TPSA) is 64.9 Å². The Morgan fingerprint density at radius 1 is 1.45 bits per heavy atom. The first-order valence-corrected chi connectivity index (χ1v) is 2.95. The van der Waals surface area contributed by atoms with Gasteiger partial charge in [0, 0.05) is 12.1 Å². The number of halogens is 1. The minimum Gasteiger partial charge on any atom is -0.478 e. The van der Waals surface area contributed by atoms with Gasteiger partial charge < -0.3 is 10.8 Å². The van der Waals surface area contributed by atoms with Crippen LogP contribution in [0.2, 0.25) is 0 Å². The van der Waals surface area contributed by atoms with Crippen molar-refractivity contribution in [1.82, 2.24) is 0 Å². The Labute approximate surface area is 62.3 Å². The molecular formula is C7H7FNO2+. The van der Waals surface area contributed by atoms with Crippen LogP contribution in [-0.2, 0) is 0 Å². The average Bonchev–Trinajstić information content (AvgIpc) is 1.85. The predicted octanol–water partition coefficient (Wildman–Crippen LogP) is 0.397. The molecule has 0 heterocycles. The minimum absolute atomic E-state index is 0.0741. The first-order valence-electron chi connectivity index (χ1n) is 2.95. The Kier molecular flexibility index (Phi) is 1.87. The highest BCUT2D eigenvalue weighted by atomic mass is 19.1. The number of hydrogen-bond acceptors (Lipinski definition) is 1. The second-order valence-corrected chi connectivity index (χ2v) is 2.15. The second kappa shape index (κ2) is 2.67. The number of hydrogen-bond donors (Lipinski definition) is 2. The molecule has 0 amide bonds. The molecule has 4 N–H and O–H groups in total. The second-order valence-electron chi connectivity index (χ2n) is 2.15. The normalized spacial score (nSPS) is 9.64. The summed E-state index contributed by atoms with van der Waals surface area (Å²) in [5.74, 6) is -1.72. The zero-order chi connectivity index (χ0) is 8.43. The van der Waals surface area contributed by atoms with Gasteiger partial charge in [-0.05, 0) is 6.07 Å². The molecule has 0 atom stereocenters. The Balaban J connectivity index is 3.19. The summed E-state index contributed by atoms with van der Waals surface area (Å²) in [6, 6.07) is 3.44. The van der Waals surface area contributed by atoms with E-state index in [1.165, 1.54) is 12.1 Å². The molecule has 0 fully saturated rings. The molecule has 1 aromatic rings. The molecule has 3 nitrogen and oxygen atoms in total. The molecule has 4 heteroatoms. The first kappa shape index (κ1) is 7.68. The van der Waals surface area contributed by atoms with Crippen LogP contribution in [0, 0.1) is 5.82 Å². The van der Waals surface area contributed by atoms with Gasteiger partial charge in [-0.3, -0.25) is 0 Å². The van der Waals surface area contributed by atoms with E-state index >= 15 is 0 Å². The molecule has 0 saturated heterocycles. The molecule has 0 aliphatic rings. The van der Waals surface area contributed by atoms with E-state index in [0.717, 1.165) is 6.07 Å². The number of carboxylic acids is 1. The lowest BCUT2D eigenvalue weighted by Gasteiger charge is -1.93. The largest absolute Gasteiger partial charge is 0.478 e. The Morgan fingerprint density at radius 3 is 2.55 bits per heavy atom. The molecule has 0 unspecified atom stereocenters. The summed E-state index contributed by atoms with van der Waals surface area (Å²) in [7, 11) is 0. The molecular weight excluding hydrogens is 149 g/mol. The van der Waals surface area contributed by atoms with E-state index in [2.05, 4.69) is 5.73 Å². The highest BCUT2D eigenvalue weighted by Gasteiger charge is 2.06. The number of quaternary nitrogens is 1. The minimum atomic E-state index is -1.14. The summed E-state index contributed by atoms with van der Waals surface area (Å²) in [6.07, 6.45) is 0. The van der Waals surface area contributed by atoms with Crippen LogP contribution in [0.5, 0.6) is 0 Å². The summed E-state index contributed by atoms with van der Waals surface area (Å²) >= 11 is 0. The van der Waals surface area contributed by atoms with Crippen LogP contribution in [0.25, 0.3) is 0 Å². The molecule has 0 aliphatic heterocycles. The van der Waals surface area contributed by atoms with Crippen LogP contribution in [0.3, 0.4) is 0 Å². The predicted molar refractivity (Wildman–Crippen MR) is 35.9 cm³/mol. The van der Waals surface area contributed by atoms with Gasteiger partial charge in [-0.25, -0.2) is 9.18 Å². The van der Waals surface area contributed by atoms with Crippen molar-refractivity contribution in [3.05, 3.63) is 29.6 Å². The van der Waals surface area contributed by atoms with Gasteiger partial charge in [-0.15, -0.1) is 0 Å². The Hall–Kier alpha value is -1.42. The summed E-state index contributed by atoms with van der Waals surface area (Å²) < 4.78 is 12.5. The van der Waals surface area contributed by atoms with E-state index in [0.29, 0.717) is 5.69 Å². The quantitative estimate of drug-likeness (QED) is 0.618. The van der Waals surface area contributed by atoms with Gasteiger partial charge in [0.25, 0.3) is 0 Å². The third-order valence-electron chi connectivity index (χ3n) is 1.20. The van der Waals surface area contributed by atoms with Crippen LogP contribution < -0.4 is 5.73 Å². The van der Waals surface area contributed by atoms with E-state index in [4.69, 9.17) is 5.11 Å². The molecule has 0 spiro atoms. The SMILES string of the molecule is [NH3+]c1cc(F)cc(C(=O)O)c1. The highest BCUT2D eigenvalue weighted by molar-refractivity contribution is 5.88. The maximum Gasteiger partial charge on any atom is 0.336 e. The lowest BCUT2D eigenvalue weighted by Crippen LogP contribution is -2.40. The maximum absolute atomic E-state index is 12.5. The van der Waals surface area contributed by atoms with Crippen molar-refractivity contribution in [2.24, 2.45) is 0 Å². The van der Waals surface area contributed by atoms with Crippen LogP contribution in [0.1, 0.15) is 10.4 Å². The van der Waals surface area contributed by atoms with E-state index in [1.54, 1.807) is 0 Å². The lowest BCUT2D eigenvalue weighted by atomic mass is 10.2. The zero-order valence-electron chi connectivity index (χ0n) is 5.67. The van der Waals surface area contributed by atoms with Gasteiger partial charge in [0.2, 0.25) is 0 Å². The van der Waals surface area contributed by atoms with Gasteiger partial charge in [-0.1, -0.05) is 0 Å². The van der Waals surface area contributed by atoms with Crippen molar-refractivity contribution >= 4 is 11.7 Å². The van der Waals surface area contributed by atoms with Gasteiger partial charge in [0.1, 0.15) is 11.5 Å². The highest BCUT2D eigenvalue weighted by Crippen LogP contribution is 2.08. The van der Waals surface area contributed by atoms with Crippen molar-refractivity contribution in [3.63, 3.8) is 0 Å². The van der Waals surface area contributed by atoms with E-state index < -0.39 is 11.8 Å². The van der Waals surface area contributed by atoms with Gasteiger partial charge in [0.15, 0.2) is 0 Å². The molecule has 1 aromatic carbocycles. The molecule has 58 valence electrons. The number of benzene rings is 1. The molecule has 0 aliphatic carbocycles. The van der Waals surface area contributed by atoms with Crippen LogP contribution in [-0.4, -0.2) is 11.1 Å². The van der Waals surface area contributed by atoms with Crippen LogP contribution in [0.15, 0.2) is 18.2 Å². The van der Waals surface area contributed by atoms with Crippen molar-refractivity contribution in [3.8, 4) is 0 Å². The Morgan fingerprint density at radius 2 is 2.09 bits per heavy atom. The third kappa shape index (κ3) is 1.75. The summed E-state index contributed by atoms with van der Waals surface area (Å²) in [6.45, 7) is 0. The van der Waals surface area contributed by atoms with Gasteiger partial charge in [-0.2, -0.15) is 0 Å². The van der Waals surface area contributed by atoms with Crippen molar-refractivity contribution in [2.75, 3.05) is 0 Å². The molecule has 0 saturated carbocycles. The van der Waals surface area contributed by atoms with Gasteiger partial charge in [0.05, 0.1) is 5.56 Å². The fourth-order valence-electron chi connectivity index (χ4n) is 0.774. The Bertz CT molecular complexity index is 278. The summed E-state index contributed by atoms with van der Waals surface area (Å²) in [5, 5.41) is 8.44. The molecule has 0 bridgehead atoms. The van der Waals surface area contributed by atoms with E-state index in [1.807, 2.05) is 0 Å². The van der Waals surface area contributed by atoms with Crippen LogP contribution in [0.4, 0.5) is 10.1 Å². The zero-order valence-corrected chi connectivity index (χ0v) is 5.67. The number of rotatable bonds is 1. The number of carbonyl (C=O) groups is 1. The van der Waals surface area contributed by atoms with Crippen molar-refractivity contribution < 1.29 is 20.0 Å². The first-order chi connectivity index (χ1) is 5.09. The van der Waals surface area contributed by atoms with E-state index in [-0.39, 0.29) is 5.56 Å². The van der Waals surface area contributed by atoms with Crippen LogP contribution >= 0.6 is 0 Å². The summed E-state index contributed by atoms with van der Waals surface area (Å²) in [4.78, 5) is 10.3. The average molecular weight is 156 g/mol.